The zero-order valence-corrected chi connectivity index (χ0v) is 17.0. The highest BCUT2D eigenvalue weighted by Gasteiger charge is 2.28. The topological polar surface area (TPSA) is 56.5 Å². The lowest BCUT2D eigenvalue weighted by atomic mass is 10.00. The molecule has 4 rings (SSSR count). The number of halogens is 2. The lowest BCUT2D eigenvalue weighted by molar-refractivity contribution is 0.00621. The molecule has 0 aliphatic carbocycles. The third kappa shape index (κ3) is 3.68. The van der Waals surface area contributed by atoms with Crippen molar-refractivity contribution < 1.29 is 13.9 Å². The van der Waals surface area contributed by atoms with Gasteiger partial charge in [-0.15, -0.1) is 0 Å². The molecule has 1 aromatic heterocycles. The second kappa shape index (κ2) is 7.12. The number of hydrogen-bond donors (Lipinski definition) is 0. The van der Waals surface area contributed by atoms with Crippen molar-refractivity contribution in [1.82, 2.24) is 9.55 Å². The number of ether oxygens (including phenoxy) is 1. The van der Waals surface area contributed by atoms with E-state index in [1.807, 2.05) is 6.07 Å². The molecule has 2 heterocycles. The van der Waals surface area contributed by atoms with Gasteiger partial charge in [-0.25, -0.2) is 14.2 Å². The summed E-state index contributed by atoms with van der Waals surface area (Å²) in [6.45, 7) is 5.53. The van der Waals surface area contributed by atoms with Gasteiger partial charge in [0.2, 0.25) is 0 Å². The van der Waals surface area contributed by atoms with Crippen LogP contribution in [0.4, 0.5) is 4.39 Å². The second-order valence-electron chi connectivity index (χ2n) is 7.72. The average Bonchev–Trinajstić information content (AvgIpc) is 2.99. The maximum atomic E-state index is 14.5. The van der Waals surface area contributed by atoms with Gasteiger partial charge in [0, 0.05) is 16.1 Å². The zero-order valence-electron chi connectivity index (χ0n) is 16.2. The van der Waals surface area contributed by atoms with Crippen LogP contribution in [0.1, 0.15) is 48.1 Å². The van der Waals surface area contributed by atoms with Crippen LogP contribution in [0, 0.1) is 5.82 Å². The van der Waals surface area contributed by atoms with Crippen molar-refractivity contribution in [3.8, 4) is 5.69 Å². The fraction of sp³-hybridized carbons (Fsp3) is 0.227. The maximum Gasteiger partial charge on any atom is 0.359 e. The zero-order chi connectivity index (χ0) is 20.8. The molecule has 0 bridgehead atoms. The first-order valence-electron chi connectivity index (χ1n) is 9.14. The first-order valence-corrected chi connectivity index (χ1v) is 9.51. The molecule has 1 aliphatic heterocycles. The van der Waals surface area contributed by atoms with Crippen molar-refractivity contribution in [2.45, 2.75) is 32.9 Å². The molecule has 0 fully saturated rings. The Labute approximate surface area is 172 Å². The standard InChI is InChI=1S/C22H19ClFN3O2/c1-22(2,3)29-21(28)20-18-11-25-19(14-6-4-5-7-16(14)24)15-10-13(23)8-9-17(15)27(18)12-26-20/h4-10,12H,11H2,1-3H3. The number of hydrogen-bond acceptors (Lipinski definition) is 4. The third-order valence-corrected chi connectivity index (χ3v) is 4.68. The highest BCUT2D eigenvalue weighted by molar-refractivity contribution is 6.31. The fourth-order valence-electron chi connectivity index (χ4n) is 3.26. The van der Waals surface area contributed by atoms with Crippen LogP contribution >= 0.6 is 11.6 Å². The molecule has 5 nitrogen and oxygen atoms in total. The van der Waals surface area contributed by atoms with Gasteiger partial charge < -0.3 is 4.74 Å². The van der Waals surface area contributed by atoms with Crippen LogP contribution in [0.5, 0.6) is 0 Å². The number of carbonyl (C=O) groups excluding carboxylic acids is 1. The molecular formula is C22H19ClFN3O2. The van der Waals surface area contributed by atoms with Crippen molar-refractivity contribution in [1.29, 1.82) is 0 Å². The highest BCUT2D eigenvalue weighted by Crippen LogP contribution is 2.30. The number of nitrogens with zero attached hydrogens (tertiary/aromatic N) is 3. The van der Waals surface area contributed by atoms with Gasteiger partial charge in [0.25, 0.3) is 0 Å². The Morgan fingerprint density at radius 2 is 1.93 bits per heavy atom. The number of aromatic nitrogens is 2. The summed E-state index contributed by atoms with van der Waals surface area (Å²) in [5.74, 6) is -0.902. The summed E-state index contributed by atoms with van der Waals surface area (Å²) >= 11 is 6.23. The first kappa shape index (κ1) is 19.3. The SMILES string of the molecule is CC(C)(C)OC(=O)c1ncn2c1CN=C(c1ccccc1F)c1cc(Cl)ccc1-2. The van der Waals surface area contributed by atoms with Crippen LogP contribution in [0.25, 0.3) is 5.69 Å². The Morgan fingerprint density at radius 3 is 2.66 bits per heavy atom. The Kier molecular flexibility index (Phi) is 4.74. The highest BCUT2D eigenvalue weighted by atomic mass is 35.5. The largest absolute Gasteiger partial charge is 0.455 e. The molecular weight excluding hydrogens is 393 g/mol. The third-order valence-electron chi connectivity index (χ3n) is 4.45. The smallest absolute Gasteiger partial charge is 0.359 e. The van der Waals surface area contributed by atoms with E-state index in [0.29, 0.717) is 33.2 Å². The monoisotopic (exact) mass is 411 g/mol. The van der Waals surface area contributed by atoms with Crippen LogP contribution < -0.4 is 0 Å². The van der Waals surface area contributed by atoms with Crippen LogP contribution in [0.15, 0.2) is 53.8 Å². The molecule has 7 heteroatoms. The van der Waals surface area contributed by atoms with Crippen LogP contribution in [-0.2, 0) is 11.3 Å². The number of imidazole rings is 1. The van der Waals surface area contributed by atoms with E-state index in [9.17, 15) is 9.18 Å². The number of rotatable bonds is 2. The Morgan fingerprint density at radius 1 is 1.17 bits per heavy atom. The lowest BCUT2D eigenvalue weighted by Gasteiger charge is -2.19. The summed E-state index contributed by atoms with van der Waals surface area (Å²) in [5, 5.41) is 0.503. The molecule has 148 valence electrons. The van der Waals surface area contributed by atoms with Gasteiger partial charge >= 0.3 is 5.97 Å². The minimum absolute atomic E-state index is 0.143. The molecule has 0 amide bonds. The van der Waals surface area contributed by atoms with Crippen molar-refractivity contribution >= 4 is 23.3 Å². The lowest BCUT2D eigenvalue weighted by Crippen LogP contribution is -2.24. The number of carbonyl (C=O) groups is 1. The summed E-state index contributed by atoms with van der Waals surface area (Å²) in [6, 6.07) is 11.7. The predicted molar refractivity (Wildman–Crippen MR) is 109 cm³/mol. The molecule has 29 heavy (non-hydrogen) atoms. The van der Waals surface area contributed by atoms with Crippen LogP contribution in [0.3, 0.4) is 0 Å². The molecule has 0 spiro atoms. The van der Waals surface area contributed by atoms with Gasteiger partial charge in [-0.1, -0.05) is 23.7 Å². The molecule has 0 unspecified atom stereocenters. The van der Waals surface area contributed by atoms with E-state index in [1.165, 1.54) is 6.07 Å². The number of benzene rings is 2. The van der Waals surface area contributed by atoms with Gasteiger partial charge in [0.05, 0.1) is 23.6 Å². The minimum atomic E-state index is -0.647. The number of esters is 1. The summed E-state index contributed by atoms with van der Waals surface area (Å²) < 4.78 is 21.8. The van der Waals surface area contributed by atoms with Crippen molar-refractivity contribution in [3.05, 3.63) is 82.1 Å². The number of aliphatic imine (C=N–C) groups is 1. The second-order valence-corrected chi connectivity index (χ2v) is 8.15. The fourth-order valence-corrected chi connectivity index (χ4v) is 3.43. The molecule has 2 aromatic carbocycles. The van der Waals surface area contributed by atoms with E-state index < -0.39 is 11.6 Å². The van der Waals surface area contributed by atoms with Gasteiger partial charge in [-0.05, 0) is 51.1 Å². The average molecular weight is 412 g/mol. The maximum absolute atomic E-state index is 14.5. The Bertz CT molecular complexity index is 1150. The summed E-state index contributed by atoms with van der Waals surface area (Å²) in [4.78, 5) is 21.6. The van der Waals surface area contributed by atoms with E-state index in [2.05, 4.69) is 9.98 Å². The first-order chi connectivity index (χ1) is 13.7. The van der Waals surface area contributed by atoms with Crippen LogP contribution in [0.2, 0.25) is 5.02 Å². The molecule has 1 aliphatic rings. The van der Waals surface area contributed by atoms with Crippen molar-refractivity contribution in [2.24, 2.45) is 4.99 Å². The van der Waals surface area contributed by atoms with Crippen molar-refractivity contribution in [2.75, 3.05) is 0 Å². The van der Waals surface area contributed by atoms with Crippen molar-refractivity contribution in [3.63, 3.8) is 0 Å². The van der Waals surface area contributed by atoms with E-state index in [0.717, 1.165) is 0 Å². The minimum Gasteiger partial charge on any atom is -0.455 e. The summed E-state index contributed by atoms with van der Waals surface area (Å²) in [7, 11) is 0. The molecule has 0 saturated heterocycles. The Balaban J connectivity index is 1.89. The molecule has 0 N–H and O–H groups in total. The summed E-state index contributed by atoms with van der Waals surface area (Å²) in [5.41, 5.74) is 2.34. The summed E-state index contributed by atoms with van der Waals surface area (Å²) in [6.07, 6.45) is 1.56. The van der Waals surface area contributed by atoms with E-state index in [-0.39, 0.29) is 18.1 Å². The van der Waals surface area contributed by atoms with Crippen LogP contribution in [-0.4, -0.2) is 26.8 Å². The van der Waals surface area contributed by atoms with E-state index >= 15 is 0 Å². The van der Waals surface area contributed by atoms with Gasteiger partial charge in [-0.3, -0.25) is 9.56 Å². The van der Waals surface area contributed by atoms with Gasteiger partial charge in [0.15, 0.2) is 5.69 Å². The molecule has 0 atom stereocenters. The predicted octanol–water partition coefficient (Wildman–Crippen LogP) is 4.97. The quantitative estimate of drug-likeness (QED) is 0.559. The normalized spacial score (nSPS) is 13.2. The van der Waals surface area contributed by atoms with Gasteiger partial charge in [0.1, 0.15) is 17.7 Å². The van der Waals surface area contributed by atoms with Gasteiger partial charge in [-0.2, -0.15) is 0 Å². The van der Waals surface area contributed by atoms with E-state index in [4.69, 9.17) is 16.3 Å². The molecule has 3 aromatic rings. The Hall–Kier alpha value is -2.99. The molecule has 0 saturated carbocycles. The molecule has 0 radical (unpaired) electrons. The number of fused-ring (bicyclic) bond motifs is 3. The van der Waals surface area contributed by atoms with E-state index in [1.54, 1.807) is 62.0 Å².